The maximum Gasteiger partial charge on any atom is 1.00 e. The Hall–Kier alpha value is -7.69. The van der Waals surface area contributed by atoms with Gasteiger partial charge < -0.3 is 42.9 Å². The summed E-state index contributed by atoms with van der Waals surface area (Å²) in [4.78, 5) is 59.9. The summed E-state index contributed by atoms with van der Waals surface area (Å²) < 4.78 is 32.7. The molecule has 20 heteroatoms. The van der Waals surface area contributed by atoms with Crippen molar-refractivity contribution in [2.75, 3.05) is 19.7 Å². The van der Waals surface area contributed by atoms with Crippen LogP contribution in [0.3, 0.4) is 0 Å². The monoisotopic (exact) mass is 1140 g/mol. The summed E-state index contributed by atoms with van der Waals surface area (Å²) in [6, 6.07) is 46.1. The molecule has 8 aromatic rings. The molecule has 0 radical (unpaired) electrons. The minimum absolute atomic E-state index is 0. The molecule has 0 saturated heterocycles. The van der Waals surface area contributed by atoms with Gasteiger partial charge in [0.1, 0.15) is 35.3 Å². The third-order valence-electron chi connectivity index (χ3n) is 13.8. The molecule has 0 aliphatic heterocycles. The molecule has 17 nitrogen and oxygen atoms in total. The molecular weight excluding hydrogens is 1070 g/mol. The molecule has 0 amide bonds. The fourth-order valence-electron chi connectivity index (χ4n) is 9.21. The Morgan fingerprint density at radius 2 is 0.952 bits per heavy atom. The molecule has 6 aromatic carbocycles. The first kappa shape index (κ1) is 64.5. The van der Waals surface area contributed by atoms with E-state index in [-0.39, 0.29) is 107 Å². The molecular formula is C63H65F2N8NaO9. The van der Waals surface area contributed by atoms with Crippen molar-refractivity contribution in [3.63, 3.8) is 0 Å². The predicted molar refractivity (Wildman–Crippen MR) is 303 cm³/mol. The number of aliphatic carboxylic acids is 1. The van der Waals surface area contributed by atoms with E-state index in [1.54, 1.807) is 60.7 Å². The van der Waals surface area contributed by atoms with Crippen LogP contribution in [0, 0.1) is 23.5 Å². The molecule has 10 rings (SSSR count). The van der Waals surface area contributed by atoms with Gasteiger partial charge >= 0.3 is 35.5 Å². The van der Waals surface area contributed by atoms with Crippen LogP contribution in [0.1, 0.15) is 131 Å². The van der Waals surface area contributed by atoms with Crippen molar-refractivity contribution in [1.82, 2.24) is 30.2 Å². The van der Waals surface area contributed by atoms with Crippen LogP contribution in [0.4, 0.5) is 8.78 Å². The van der Waals surface area contributed by atoms with Gasteiger partial charge in [0.15, 0.2) is 17.3 Å². The number of ketones is 3. The smallest absolute Gasteiger partial charge is 0.870 e. The fourth-order valence-corrected chi connectivity index (χ4v) is 9.21. The van der Waals surface area contributed by atoms with Gasteiger partial charge in [0.2, 0.25) is 5.78 Å². The molecule has 2 fully saturated rings. The summed E-state index contributed by atoms with van der Waals surface area (Å²) >= 11 is 0. The molecule has 0 bridgehead atoms. The number of aromatic carboxylic acids is 1. The molecule has 2 aliphatic rings. The maximum absolute atomic E-state index is 15.0. The largest absolute Gasteiger partial charge is 1.00 e. The number of hydrogen-bond acceptors (Lipinski definition) is 13. The molecule has 2 heterocycles. The van der Waals surface area contributed by atoms with Gasteiger partial charge in [-0.25, -0.2) is 22.9 Å². The van der Waals surface area contributed by atoms with Crippen LogP contribution in [-0.2, 0) is 30.7 Å². The summed E-state index contributed by atoms with van der Waals surface area (Å²) in [6.45, 7) is 2.65. The third-order valence-corrected chi connectivity index (χ3v) is 13.8. The first-order valence-corrected chi connectivity index (χ1v) is 26.7. The van der Waals surface area contributed by atoms with E-state index < -0.39 is 47.5 Å². The van der Waals surface area contributed by atoms with Gasteiger partial charge in [0, 0.05) is 38.9 Å². The van der Waals surface area contributed by atoms with E-state index in [2.05, 4.69) is 20.8 Å². The Labute approximate surface area is 501 Å². The Kier molecular flexibility index (Phi) is 23.7. The number of aliphatic hydroxyl groups excluding tert-OH is 1. The molecule has 2 atom stereocenters. The molecule has 426 valence electrons. The Balaban J connectivity index is 0.000000245. The number of carboxylic acid groups (broad SMARTS) is 2. The van der Waals surface area contributed by atoms with Gasteiger partial charge in [-0.05, 0) is 138 Å². The second kappa shape index (κ2) is 30.6. The number of nitrogens with one attached hydrogen (secondary N) is 2. The van der Waals surface area contributed by atoms with E-state index >= 15 is 4.39 Å². The Bertz CT molecular complexity index is 3510. The van der Waals surface area contributed by atoms with Crippen molar-refractivity contribution in [2.45, 2.75) is 70.6 Å². The number of aromatic nitrogens is 4. The van der Waals surface area contributed by atoms with E-state index in [1.807, 2.05) is 72.8 Å². The molecule has 2 saturated carbocycles. The Morgan fingerprint density at radius 1 is 0.554 bits per heavy atom. The van der Waals surface area contributed by atoms with Crippen LogP contribution in [0.5, 0.6) is 0 Å². The summed E-state index contributed by atoms with van der Waals surface area (Å²) in [6.07, 6.45) is 4.36. The normalized spacial score (nSPS) is 13.1. The zero-order valence-corrected chi connectivity index (χ0v) is 48.1. The summed E-state index contributed by atoms with van der Waals surface area (Å²) in [7, 11) is 0. The van der Waals surface area contributed by atoms with E-state index in [0.29, 0.717) is 23.2 Å². The third kappa shape index (κ3) is 17.7. The number of aliphatic hydroxyl groups is 1. The van der Waals surface area contributed by atoms with Gasteiger partial charge in [0.25, 0.3) is 5.97 Å². The molecule has 2 unspecified atom stereocenters. The second-order valence-corrected chi connectivity index (χ2v) is 20.1. The maximum atomic E-state index is 15.0. The number of nitrogens with two attached hydrogens (primary N) is 2. The summed E-state index contributed by atoms with van der Waals surface area (Å²) in [5, 5.41) is 41.9. The van der Waals surface area contributed by atoms with Crippen LogP contribution in [0.2, 0.25) is 0 Å². The van der Waals surface area contributed by atoms with Gasteiger partial charge in [0.05, 0.1) is 23.5 Å². The number of hydrogen-bond donors (Lipinski definition) is 7. The molecule has 83 heavy (non-hydrogen) atoms. The van der Waals surface area contributed by atoms with E-state index in [0.717, 1.165) is 53.4 Å². The number of rotatable bonds is 23. The van der Waals surface area contributed by atoms with Crippen molar-refractivity contribution in [2.24, 2.45) is 23.3 Å². The number of benzene rings is 6. The summed E-state index contributed by atoms with van der Waals surface area (Å²) in [5.41, 5.74) is 18.4. The first-order valence-electron chi connectivity index (χ1n) is 26.7. The van der Waals surface area contributed by atoms with Crippen LogP contribution in [0.25, 0.3) is 11.4 Å². The topological polar surface area (TPSA) is 288 Å². The van der Waals surface area contributed by atoms with E-state index in [9.17, 15) is 33.8 Å². The number of halogens is 2. The van der Waals surface area contributed by atoms with Gasteiger partial charge in [-0.3, -0.25) is 19.2 Å². The number of carbonyl (C=O) groups excluding carboxylic acids is 3. The van der Waals surface area contributed by atoms with Crippen LogP contribution in [0.15, 0.2) is 158 Å². The quantitative estimate of drug-likeness (QED) is 0.0296. The van der Waals surface area contributed by atoms with Gasteiger partial charge in [-0.1, -0.05) is 109 Å². The minimum Gasteiger partial charge on any atom is -0.870 e. The average molecular weight is 1140 g/mol. The number of nitrogens with zero attached hydrogens (tertiary/aromatic N) is 4. The number of carboxylic acids is 2. The first-order chi connectivity index (χ1) is 39.1. The molecule has 2 aromatic heterocycles. The SMILES string of the molecule is CC(=O)O.NCc1cccc(-n2nc(C(=O)CO)cc2C(=O)Cc2cc(C(NCC3CC3)c3ccccc3)ccc2F)c1.NCc1cccc(-n2nc(C(=O)O)cc2C(=O)Cc2cc(C(NCC3CC3)c3ccccc3)ccc2F)c1.[Na+].[OH-]. The number of Topliss-reactive ketones (excluding diaryl/α,β-unsaturated/α-hetero) is 3. The van der Waals surface area contributed by atoms with Crippen molar-refractivity contribution < 1.29 is 83.1 Å². The van der Waals surface area contributed by atoms with Crippen molar-refractivity contribution in [3.8, 4) is 11.4 Å². The second-order valence-electron chi connectivity index (χ2n) is 20.1. The predicted octanol–water partition coefficient (Wildman–Crippen LogP) is 5.76. The average Bonchev–Trinajstić information content (AvgIpc) is 4.57. The van der Waals surface area contributed by atoms with Gasteiger partial charge in [-0.2, -0.15) is 10.2 Å². The van der Waals surface area contributed by atoms with Gasteiger partial charge in [-0.15, -0.1) is 0 Å². The zero-order chi connectivity index (χ0) is 57.6. The standard InChI is InChI=1S/C31H31FN4O3.C30H29FN4O3.C2H4O2.Na.H2O/c32-26-12-11-23(31(34-18-20-9-10-20)22-6-2-1-3-7-22)14-24(26)15-29(38)28-16-27(30(39)19-37)35-36(28)25-8-4-5-21(13-25)17-33;31-25-12-11-22(29(33-18-19-9-10-19)21-6-2-1-3-7-21)14-23(25)15-28(36)27-16-26(30(37)38)34-35(27)24-8-4-5-20(13-24)17-32;1-2(3)4;;/h1-8,11-14,16,20,31,34,37H,9-10,15,17-19,33H2;1-8,11-14,16,19,29,33H,9-10,15,17-18,32H2,(H,37,38);1H3,(H,3,4);;1H2/q;;;+1;/p-1. The molecule has 10 N–H and O–H groups in total. The van der Waals surface area contributed by atoms with Crippen molar-refractivity contribution >= 4 is 29.3 Å². The van der Waals surface area contributed by atoms with Crippen molar-refractivity contribution in [3.05, 3.63) is 237 Å². The van der Waals surface area contributed by atoms with E-state index in [4.69, 9.17) is 21.4 Å². The minimum atomic E-state index is -1.26. The molecule has 0 spiro atoms. The Morgan fingerprint density at radius 3 is 1.33 bits per heavy atom. The van der Waals surface area contributed by atoms with Crippen molar-refractivity contribution in [1.29, 1.82) is 0 Å². The summed E-state index contributed by atoms with van der Waals surface area (Å²) in [5.74, 6) is -3.21. The van der Waals surface area contributed by atoms with Crippen LogP contribution in [-0.4, -0.2) is 89.3 Å². The van der Waals surface area contributed by atoms with Crippen LogP contribution < -0.4 is 51.7 Å². The molecule has 2 aliphatic carbocycles. The number of carbonyl (C=O) groups is 5. The fraction of sp³-hybridized carbons (Fsp3) is 0.254. The van der Waals surface area contributed by atoms with E-state index in [1.165, 1.54) is 59.3 Å². The zero-order valence-electron chi connectivity index (χ0n) is 46.1. The van der Waals surface area contributed by atoms with Crippen LogP contribution >= 0.6 is 0 Å².